The molecule has 0 aromatic heterocycles. The van der Waals surface area contributed by atoms with Crippen LogP contribution in [0.1, 0.15) is 29.2 Å². The number of halogens is 2. The van der Waals surface area contributed by atoms with Crippen LogP contribution in [0.25, 0.3) is 0 Å². The van der Waals surface area contributed by atoms with Crippen molar-refractivity contribution >= 4 is 35.0 Å². The fourth-order valence-corrected chi connectivity index (χ4v) is 4.23. The van der Waals surface area contributed by atoms with Crippen LogP contribution in [-0.4, -0.2) is 35.9 Å². The minimum absolute atomic E-state index is 0.139. The maximum Gasteiger partial charge on any atom is 0.261 e. The smallest absolute Gasteiger partial charge is 0.261 e. The summed E-state index contributed by atoms with van der Waals surface area (Å²) in [6.45, 7) is 6.13. The predicted octanol–water partition coefficient (Wildman–Crippen LogP) is 5.77. The molecule has 0 saturated heterocycles. The Labute approximate surface area is 217 Å². The van der Waals surface area contributed by atoms with Crippen LogP contribution in [0.15, 0.2) is 66.7 Å². The molecule has 0 heterocycles. The van der Waals surface area contributed by atoms with Crippen molar-refractivity contribution in [2.75, 3.05) is 13.2 Å². The van der Waals surface area contributed by atoms with Crippen LogP contribution in [0.2, 0.25) is 10.0 Å². The number of nitrogens with one attached hydrogen (secondary N) is 1. The second-order valence-corrected chi connectivity index (χ2v) is 9.26. The van der Waals surface area contributed by atoms with Crippen LogP contribution < -0.4 is 10.1 Å². The van der Waals surface area contributed by atoms with Crippen molar-refractivity contribution in [2.45, 2.75) is 39.8 Å². The summed E-state index contributed by atoms with van der Waals surface area (Å²) in [5, 5.41) is 3.80. The standard InChI is InChI=1S/C28H30Cl2N2O3/c1-4-31-28(34)25(15-21-8-6-5-7-9-21)32(17-22-12-13-23(29)16-24(22)30)27(33)18-35-26-14-19(2)10-11-20(26)3/h5-14,16,25H,4,15,17-18H2,1-3H3,(H,31,34)/t25-/m1/s1. The molecule has 0 aliphatic carbocycles. The van der Waals surface area contributed by atoms with Crippen molar-refractivity contribution < 1.29 is 14.3 Å². The summed E-state index contributed by atoms with van der Waals surface area (Å²) in [7, 11) is 0. The van der Waals surface area contributed by atoms with E-state index in [1.165, 1.54) is 4.90 Å². The molecule has 1 N–H and O–H groups in total. The van der Waals surface area contributed by atoms with Gasteiger partial charge in [0.2, 0.25) is 5.91 Å². The van der Waals surface area contributed by atoms with Gasteiger partial charge in [-0.15, -0.1) is 0 Å². The van der Waals surface area contributed by atoms with Crippen molar-refractivity contribution in [3.8, 4) is 5.75 Å². The number of aryl methyl sites for hydroxylation is 2. The SMILES string of the molecule is CCNC(=O)[C@@H](Cc1ccccc1)N(Cc1ccc(Cl)cc1Cl)C(=O)COc1cc(C)ccc1C. The summed E-state index contributed by atoms with van der Waals surface area (Å²) in [4.78, 5) is 28.3. The Morgan fingerprint density at radius 3 is 2.43 bits per heavy atom. The van der Waals surface area contributed by atoms with Gasteiger partial charge in [0, 0.05) is 29.6 Å². The second kappa shape index (κ2) is 12.6. The zero-order valence-corrected chi connectivity index (χ0v) is 21.7. The van der Waals surface area contributed by atoms with Gasteiger partial charge in [-0.25, -0.2) is 0 Å². The Hall–Kier alpha value is -3.02. The first-order valence-corrected chi connectivity index (χ1v) is 12.3. The van der Waals surface area contributed by atoms with Crippen molar-refractivity contribution in [1.29, 1.82) is 0 Å². The third-order valence-corrected chi connectivity index (χ3v) is 6.26. The first-order valence-electron chi connectivity index (χ1n) is 11.5. The Kier molecular flexibility index (Phi) is 9.58. The molecule has 1 atom stereocenters. The molecule has 0 aliphatic rings. The van der Waals surface area contributed by atoms with Gasteiger partial charge in [0.05, 0.1) is 0 Å². The molecule has 0 unspecified atom stereocenters. The molecular formula is C28H30Cl2N2O3. The van der Waals surface area contributed by atoms with Crippen molar-refractivity contribution in [3.05, 3.63) is 99.0 Å². The molecule has 0 fully saturated rings. The first-order chi connectivity index (χ1) is 16.8. The van der Waals surface area contributed by atoms with E-state index in [9.17, 15) is 9.59 Å². The highest BCUT2D eigenvalue weighted by molar-refractivity contribution is 6.35. The Morgan fingerprint density at radius 2 is 1.74 bits per heavy atom. The van der Waals surface area contributed by atoms with Crippen LogP contribution >= 0.6 is 23.2 Å². The zero-order chi connectivity index (χ0) is 25.4. The van der Waals surface area contributed by atoms with Crippen molar-refractivity contribution in [3.63, 3.8) is 0 Å². The number of rotatable bonds is 10. The molecular weight excluding hydrogens is 483 g/mol. The average Bonchev–Trinajstić information content (AvgIpc) is 2.83. The van der Waals surface area contributed by atoms with E-state index in [4.69, 9.17) is 27.9 Å². The van der Waals surface area contributed by atoms with Gasteiger partial charge in [0.15, 0.2) is 6.61 Å². The normalized spacial score (nSPS) is 11.6. The van der Waals surface area contributed by atoms with Gasteiger partial charge in [-0.1, -0.05) is 71.7 Å². The van der Waals surface area contributed by atoms with E-state index in [-0.39, 0.29) is 25.0 Å². The van der Waals surface area contributed by atoms with Crippen LogP contribution in [0, 0.1) is 13.8 Å². The van der Waals surface area contributed by atoms with Crippen LogP contribution in [0.5, 0.6) is 5.75 Å². The van der Waals surface area contributed by atoms with E-state index < -0.39 is 6.04 Å². The van der Waals surface area contributed by atoms with E-state index in [0.29, 0.717) is 34.3 Å². The third kappa shape index (κ3) is 7.48. The molecule has 35 heavy (non-hydrogen) atoms. The van der Waals surface area contributed by atoms with Crippen LogP contribution in [0.3, 0.4) is 0 Å². The van der Waals surface area contributed by atoms with Crippen molar-refractivity contribution in [1.82, 2.24) is 10.2 Å². The molecule has 184 valence electrons. The van der Waals surface area contributed by atoms with E-state index in [2.05, 4.69) is 5.32 Å². The number of ether oxygens (including phenoxy) is 1. The first kappa shape index (κ1) is 26.6. The fraction of sp³-hybridized carbons (Fsp3) is 0.286. The number of hydrogen-bond acceptors (Lipinski definition) is 3. The molecule has 0 aliphatic heterocycles. The monoisotopic (exact) mass is 512 g/mol. The predicted molar refractivity (Wildman–Crippen MR) is 141 cm³/mol. The molecule has 0 radical (unpaired) electrons. The molecule has 3 aromatic rings. The third-order valence-electron chi connectivity index (χ3n) is 5.67. The van der Waals surface area contributed by atoms with Gasteiger partial charge >= 0.3 is 0 Å². The summed E-state index contributed by atoms with van der Waals surface area (Å²) in [6.07, 6.45) is 0.354. The highest BCUT2D eigenvalue weighted by Gasteiger charge is 2.31. The maximum absolute atomic E-state index is 13.6. The quantitative estimate of drug-likeness (QED) is 0.375. The van der Waals surface area contributed by atoms with E-state index in [0.717, 1.165) is 16.7 Å². The number of benzene rings is 3. The average molecular weight is 513 g/mol. The number of amides is 2. The summed E-state index contributed by atoms with van der Waals surface area (Å²) in [5.74, 6) is 0.0890. The summed E-state index contributed by atoms with van der Waals surface area (Å²) in [5.41, 5.74) is 3.60. The summed E-state index contributed by atoms with van der Waals surface area (Å²) >= 11 is 12.5. The van der Waals surface area contributed by atoms with Gasteiger partial charge in [0.25, 0.3) is 5.91 Å². The highest BCUT2D eigenvalue weighted by atomic mass is 35.5. The molecule has 3 rings (SSSR count). The topological polar surface area (TPSA) is 58.6 Å². The molecule has 3 aromatic carbocycles. The number of hydrogen-bond donors (Lipinski definition) is 1. The lowest BCUT2D eigenvalue weighted by Gasteiger charge is -2.31. The Balaban J connectivity index is 1.93. The summed E-state index contributed by atoms with van der Waals surface area (Å²) in [6, 6.07) is 19.8. The largest absolute Gasteiger partial charge is 0.483 e. The van der Waals surface area contributed by atoms with Gasteiger partial charge in [0.1, 0.15) is 11.8 Å². The van der Waals surface area contributed by atoms with E-state index in [1.807, 2.05) is 69.3 Å². The second-order valence-electron chi connectivity index (χ2n) is 8.42. The fourth-order valence-electron chi connectivity index (χ4n) is 3.76. The molecule has 0 bridgehead atoms. The number of likely N-dealkylation sites (N-methyl/N-ethyl adjacent to an activating group) is 1. The van der Waals surface area contributed by atoms with E-state index >= 15 is 0 Å². The van der Waals surface area contributed by atoms with Crippen molar-refractivity contribution in [2.24, 2.45) is 0 Å². The van der Waals surface area contributed by atoms with Gasteiger partial charge in [-0.05, 0) is 61.2 Å². The lowest BCUT2D eigenvalue weighted by Crippen LogP contribution is -2.51. The van der Waals surface area contributed by atoms with Gasteiger partial charge < -0.3 is 15.0 Å². The summed E-state index contributed by atoms with van der Waals surface area (Å²) < 4.78 is 5.91. The Morgan fingerprint density at radius 1 is 1.00 bits per heavy atom. The number of carbonyl (C=O) groups excluding carboxylic acids is 2. The molecule has 2 amide bonds. The minimum Gasteiger partial charge on any atom is -0.483 e. The van der Waals surface area contributed by atoms with E-state index in [1.54, 1.807) is 18.2 Å². The minimum atomic E-state index is -0.751. The highest BCUT2D eigenvalue weighted by Crippen LogP contribution is 2.25. The van der Waals surface area contributed by atoms with Crippen LogP contribution in [0.4, 0.5) is 0 Å². The molecule has 7 heteroatoms. The number of nitrogens with zero attached hydrogens (tertiary/aromatic N) is 1. The van der Waals surface area contributed by atoms with Gasteiger partial charge in [-0.2, -0.15) is 0 Å². The number of carbonyl (C=O) groups is 2. The lowest BCUT2D eigenvalue weighted by atomic mass is 10.0. The lowest BCUT2D eigenvalue weighted by molar-refractivity contribution is -0.142. The Bertz CT molecular complexity index is 1170. The molecule has 0 saturated carbocycles. The van der Waals surface area contributed by atoms with Gasteiger partial charge in [-0.3, -0.25) is 9.59 Å². The molecule has 5 nitrogen and oxygen atoms in total. The molecule has 0 spiro atoms. The maximum atomic E-state index is 13.6. The zero-order valence-electron chi connectivity index (χ0n) is 20.2. The van der Waals surface area contributed by atoms with Crippen LogP contribution in [-0.2, 0) is 22.6 Å².